The molecule has 0 spiro atoms. The molecule has 2 aromatic rings. The lowest BCUT2D eigenvalue weighted by Gasteiger charge is -2.31. The third-order valence-corrected chi connectivity index (χ3v) is 8.69. The molecule has 10 nitrogen and oxygen atoms in total. The number of amides is 1. The molecule has 0 atom stereocenters. The molecule has 0 saturated carbocycles. The van der Waals surface area contributed by atoms with Crippen LogP contribution >= 0.6 is 11.6 Å². The molecule has 0 aliphatic carbocycles. The van der Waals surface area contributed by atoms with E-state index in [2.05, 4.69) is 14.9 Å². The van der Waals surface area contributed by atoms with Crippen molar-refractivity contribution >= 4 is 37.4 Å². The third-order valence-electron chi connectivity index (χ3n) is 4.77. The summed E-state index contributed by atoms with van der Waals surface area (Å²) in [7, 11) is -6.21. The molecule has 0 radical (unpaired) electrons. The van der Waals surface area contributed by atoms with E-state index in [1.165, 1.54) is 22.8 Å². The first-order valence-corrected chi connectivity index (χ1v) is 12.2. The van der Waals surface area contributed by atoms with Gasteiger partial charge in [0.2, 0.25) is 30.9 Å². The van der Waals surface area contributed by atoms with Crippen molar-refractivity contribution in [3.05, 3.63) is 35.4 Å². The molecule has 0 unspecified atom stereocenters. The van der Waals surface area contributed by atoms with Crippen molar-refractivity contribution in [2.45, 2.75) is 28.1 Å². The predicted molar refractivity (Wildman–Crippen MR) is 104 cm³/mol. The second-order valence-electron chi connectivity index (χ2n) is 6.75. The number of carbonyl (C=O) groups excluding carboxylic acids is 1. The number of piperidine rings is 1. The predicted octanol–water partition coefficient (Wildman–Crippen LogP) is 0.351. The van der Waals surface area contributed by atoms with Gasteiger partial charge in [0.1, 0.15) is 12.1 Å². The van der Waals surface area contributed by atoms with Gasteiger partial charge in [0.25, 0.3) is 0 Å². The van der Waals surface area contributed by atoms with E-state index < -0.39 is 43.4 Å². The smallest absolute Gasteiger partial charge is 0.249 e. The number of sulfone groups is 1. The number of sulfonamides is 1. The number of hydrogen-bond donors (Lipinski definition) is 1. The van der Waals surface area contributed by atoms with Crippen molar-refractivity contribution in [1.29, 1.82) is 0 Å². The third kappa shape index (κ3) is 4.63. The van der Waals surface area contributed by atoms with Gasteiger partial charge in [-0.05, 0) is 31.0 Å². The van der Waals surface area contributed by atoms with Gasteiger partial charge in [0.05, 0.1) is 21.7 Å². The molecule has 30 heavy (non-hydrogen) atoms. The van der Waals surface area contributed by atoms with Crippen molar-refractivity contribution < 1.29 is 26.0 Å². The minimum atomic E-state index is -4.06. The Kier molecular flexibility index (Phi) is 6.45. The van der Waals surface area contributed by atoms with E-state index in [9.17, 15) is 26.0 Å². The number of hydrogen-bond acceptors (Lipinski definition) is 7. The Balaban J connectivity index is 1.58. The largest absolute Gasteiger partial charge is 0.341 e. The molecule has 1 saturated heterocycles. The molecule has 0 bridgehead atoms. The number of benzene rings is 1. The Morgan fingerprint density at radius 3 is 2.50 bits per heavy atom. The second-order valence-corrected chi connectivity index (χ2v) is 11.0. The highest BCUT2D eigenvalue weighted by Crippen LogP contribution is 2.23. The van der Waals surface area contributed by atoms with Gasteiger partial charge in [0.15, 0.2) is 0 Å². The molecule has 1 aromatic carbocycles. The monoisotopic (exact) mass is 479 g/mol. The zero-order valence-electron chi connectivity index (χ0n) is 15.8. The van der Waals surface area contributed by atoms with Crippen molar-refractivity contribution in [1.82, 2.24) is 24.4 Å². The van der Waals surface area contributed by atoms with E-state index >= 15 is 0 Å². The lowest BCUT2D eigenvalue weighted by atomic mass is 10.1. The van der Waals surface area contributed by atoms with E-state index in [0.29, 0.717) is 0 Å². The minimum Gasteiger partial charge on any atom is -0.341 e. The Hall–Kier alpha value is -2.09. The molecule has 2 heterocycles. The molecule has 3 rings (SSSR count). The standard InChI is InChI=1S/C16H19ClFN5O5S2/c1-22-10-19-21-16(22)29(25,26)11-4-6-23(7-5-11)15(24)9-20-30(27,28)12-2-3-14(18)13(17)8-12/h2-3,8,10-11,20H,4-7,9H2,1H3. The molecule has 14 heteroatoms. The summed E-state index contributed by atoms with van der Waals surface area (Å²) < 4.78 is 66.5. The van der Waals surface area contributed by atoms with Gasteiger partial charge < -0.3 is 9.47 Å². The van der Waals surface area contributed by atoms with Crippen molar-refractivity contribution in [3.8, 4) is 0 Å². The summed E-state index contributed by atoms with van der Waals surface area (Å²) in [6.07, 6.45) is 1.69. The SMILES string of the molecule is Cn1cnnc1S(=O)(=O)C1CCN(C(=O)CNS(=O)(=O)c2ccc(F)c(Cl)c2)CC1. The van der Waals surface area contributed by atoms with Gasteiger partial charge in [0, 0.05) is 20.1 Å². The zero-order chi connectivity index (χ0) is 22.1. The van der Waals surface area contributed by atoms with Crippen LogP contribution < -0.4 is 4.72 Å². The molecular weight excluding hydrogens is 461 g/mol. The van der Waals surface area contributed by atoms with Gasteiger partial charge in [-0.25, -0.2) is 25.9 Å². The lowest BCUT2D eigenvalue weighted by molar-refractivity contribution is -0.130. The van der Waals surface area contributed by atoms with E-state index in [0.717, 1.165) is 18.2 Å². The van der Waals surface area contributed by atoms with Crippen LogP contribution in [0.15, 0.2) is 34.6 Å². The molecule has 1 fully saturated rings. The molecular formula is C16H19ClFN5O5S2. The van der Waals surface area contributed by atoms with Crippen molar-refractivity contribution in [3.63, 3.8) is 0 Å². The molecule has 1 amide bonds. The number of aromatic nitrogens is 3. The van der Waals surface area contributed by atoms with Crippen LogP contribution in [0.25, 0.3) is 0 Å². The van der Waals surface area contributed by atoms with Crippen LogP contribution in [0, 0.1) is 5.82 Å². The lowest BCUT2D eigenvalue weighted by Crippen LogP contribution is -2.46. The fourth-order valence-electron chi connectivity index (χ4n) is 3.09. The van der Waals surface area contributed by atoms with E-state index in [1.807, 2.05) is 0 Å². The van der Waals surface area contributed by atoms with Crippen LogP contribution in [0.1, 0.15) is 12.8 Å². The summed E-state index contributed by atoms with van der Waals surface area (Å²) in [5, 5.41) is 6.05. The number of likely N-dealkylation sites (tertiary alicyclic amines) is 1. The second kappa shape index (κ2) is 8.57. The van der Waals surface area contributed by atoms with Crippen LogP contribution in [0.5, 0.6) is 0 Å². The summed E-state index contributed by atoms with van der Waals surface area (Å²) in [6.45, 7) is -0.201. The van der Waals surface area contributed by atoms with E-state index in [-0.39, 0.29) is 41.0 Å². The summed E-state index contributed by atoms with van der Waals surface area (Å²) in [6, 6.07) is 2.91. The van der Waals surface area contributed by atoms with Gasteiger partial charge in [-0.1, -0.05) is 11.6 Å². The van der Waals surface area contributed by atoms with Gasteiger partial charge in [-0.2, -0.15) is 0 Å². The first kappa shape index (κ1) is 22.6. The highest BCUT2D eigenvalue weighted by Gasteiger charge is 2.35. The highest BCUT2D eigenvalue weighted by atomic mass is 35.5. The maximum Gasteiger partial charge on any atom is 0.249 e. The van der Waals surface area contributed by atoms with Crippen LogP contribution in [0.2, 0.25) is 5.02 Å². The van der Waals surface area contributed by atoms with Crippen LogP contribution in [-0.4, -0.2) is 67.3 Å². The molecule has 1 aliphatic heterocycles. The summed E-state index contributed by atoms with van der Waals surface area (Å²) >= 11 is 5.60. The highest BCUT2D eigenvalue weighted by molar-refractivity contribution is 7.91. The molecule has 164 valence electrons. The van der Waals surface area contributed by atoms with Crippen LogP contribution in [0.4, 0.5) is 4.39 Å². The Bertz CT molecular complexity index is 1160. The normalized spacial score (nSPS) is 16.0. The molecule has 1 N–H and O–H groups in total. The fourth-order valence-corrected chi connectivity index (χ4v) is 6.08. The van der Waals surface area contributed by atoms with Crippen molar-refractivity contribution in [2.24, 2.45) is 7.05 Å². The van der Waals surface area contributed by atoms with Crippen LogP contribution in [-0.2, 0) is 31.7 Å². The van der Waals surface area contributed by atoms with E-state index in [1.54, 1.807) is 0 Å². The number of aryl methyl sites for hydroxylation is 1. The fraction of sp³-hybridized carbons (Fsp3) is 0.438. The first-order valence-electron chi connectivity index (χ1n) is 8.83. The Labute approximate surface area is 178 Å². The number of carbonyl (C=O) groups is 1. The summed E-state index contributed by atoms with van der Waals surface area (Å²) in [4.78, 5) is 13.5. The minimum absolute atomic E-state index is 0.127. The Morgan fingerprint density at radius 1 is 1.27 bits per heavy atom. The van der Waals surface area contributed by atoms with Gasteiger partial charge in [-0.3, -0.25) is 4.79 Å². The Morgan fingerprint density at radius 2 is 1.93 bits per heavy atom. The number of rotatable bonds is 6. The summed E-state index contributed by atoms with van der Waals surface area (Å²) in [5.74, 6) is -1.26. The van der Waals surface area contributed by atoms with Gasteiger partial charge >= 0.3 is 0 Å². The first-order chi connectivity index (χ1) is 14.0. The van der Waals surface area contributed by atoms with E-state index in [4.69, 9.17) is 11.6 Å². The summed E-state index contributed by atoms with van der Waals surface area (Å²) in [5.41, 5.74) is 0. The quantitative estimate of drug-likeness (QED) is 0.632. The van der Waals surface area contributed by atoms with Gasteiger partial charge in [-0.15, -0.1) is 10.2 Å². The van der Waals surface area contributed by atoms with Crippen molar-refractivity contribution in [2.75, 3.05) is 19.6 Å². The number of nitrogens with zero attached hydrogens (tertiary/aromatic N) is 4. The average Bonchev–Trinajstić information content (AvgIpc) is 3.15. The molecule has 1 aliphatic rings. The topological polar surface area (TPSA) is 131 Å². The number of halogens is 2. The maximum atomic E-state index is 13.2. The number of nitrogens with one attached hydrogen (secondary N) is 1. The average molecular weight is 480 g/mol. The maximum absolute atomic E-state index is 13.2. The van der Waals surface area contributed by atoms with Crippen LogP contribution in [0.3, 0.4) is 0 Å². The molecule has 1 aromatic heterocycles. The zero-order valence-corrected chi connectivity index (χ0v) is 18.2.